The number of halogens is 1. The first-order valence-corrected chi connectivity index (χ1v) is 12.8. The Morgan fingerprint density at radius 1 is 1.12 bits per heavy atom. The molecule has 7 nitrogen and oxygen atoms in total. The van der Waals surface area contributed by atoms with Gasteiger partial charge in [-0.2, -0.15) is 0 Å². The average molecular weight is 486 g/mol. The van der Waals surface area contributed by atoms with Crippen LogP contribution in [0.2, 0.25) is 5.02 Å². The summed E-state index contributed by atoms with van der Waals surface area (Å²) in [5, 5.41) is 0.567. The maximum atomic E-state index is 13.1. The van der Waals surface area contributed by atoms with Crippen LogP contribution in [0, 0.1) is 19.8 Å². The Bertz CT molecular complexity index is 953. The van der Waals surface area contributed by atoms with Gasteiger partial charge in [-0.1, -0.05) is 11.6 Å². The van der Waals surface area contributed by atoms with Gasteiger partial charge in [0.25, 0.3) is 5.91 Å². The third kappa shape index (κ3) is 5.81. The summed E-state index contributed by atoms with van der Waals surface area (Å²) in [5.74, 6) is 2.41. The van der Waals surface area contributed by atoms with E-state index in [1.807, 2.05) is 30.9 Å². The fraction of sp³-hybridized carbons (Fsp3) is 0.577. The molecule has 1 aromatic heterocycles. The van der Waals surface area contributed by atoms with E-state index < -0.39 is 0 Å². The summed E-state index contributed by atoms with van der Waals surface area (Å²) in [5.41, 5.74) is 8.61. The van der Waals surface area contributed by atoms with Gasteiger partial charge in [-0.15, -0.1) is 0 Å². The van der Waals surface area contributed by atoms with Crippen molar-refractivity contribution in [2.75, 3.05) is 37.7 Å². The van der Waals surface area contributed by atoms with E-state index in [9.17, 15) is 4.79 Å². The number of carbonyl (C=O) groups is 1. The number of hydrogen-bond acceptors (Lipinski definition) is 6. The number of ether oxygens (including phenoxy) is 1. The molecule has 1 aromatic carbocycles. The molecular formula is C26H36ClN5O2. The molecule has 2 saturated heterocycles. The normalized spacial score (nSPS) is 19.0. The summed E-state index contributed by atoms with van der Waals surface area (Å²) in [6.07, 6.45) is 9.79. The molecule has 1 atom stereocenters. The summed E-state index contributed by atoms with van der Waals surface area (Å²) in [6.45, 7) is 7.96. The molecule has 2 fully saturated rings. The molecule has 0 aliphatic carbocycles. The molecule has 8 heteroatoms. The molecule has 184 valence electrons. The van der Waals surface area contributed by atoms with Crippen LogP contribution >= 0.6 is 11.6 Å². The van der Waals surface area contributed by atoms with E-state index in [1.54, 1.807) is 12.4 Å². The lowest BCUT2D eigenvalue weighted by Gasteiger charge is -2.32. The van der Waals surface area contributed by atoms with E-state index in [0.29, 0.717) is 24.1 Å². The van der Waals surface area contributed by atoms with Crippen molar-refractivity contribution >= 4 is 23.5 Å². The van der Waals surface area contributed by atoms with Crippen molar-refractivity contribution < 1.29 is 9.53 Å². The highest BCUT2D eigenvalue weighted by Gasteiger charge is 2.30. The number of amides is 1. The van der Waals surface area contributed by atoms with Crippen molar-refractivity contribution in [3.63, 3.8) is 0 Å². The quantitative estimate of drug-likeness (QED) is 0.558. The SMILES string of the molecule is Cc1cc(OCCCC2CCN(c3ncc(Cl)cn3)CC2)cc(C)c1C(=O)N1CCC[C@H]1CN. The summed E-state index contributed by atoms with van der Waals surface area (Å²) < 4.78 is 6.08. The molecule has 4 rings (SSSR count). The topological polar surface area (TPSA) is 84.6 Å². The predicted octanol–water partition coefficient (Wildman–Crippen LogP) is 4.39. The number of hydrogen-bond donors (Lipinski definition) is 1. The first-order valence-electron chi connectivity index (χ1n) is 12.4. The highest BCUT2D eigenvalue weighted by atomic mass is 35.5. The maximum Gasteiger partial charge on any atom is 0.254 e. The molecule has 0 spiro atoms. The largest absolute Gasteiger partial charge is 0.494 e. The number of nitrogens with two attached hydrogens (primary N) is 1. The third-order valence-corrected chi connectivity index (χ3v) is 7.35. The van der Waals surface area contributed by atoms with E-state index in [0.717, 1.165) is 86.5 Å². The van der Waals surface area contributed by atoms with Crippen molar-refractivity contribution in [3.8, 4) is 5.75 Å². The van der Waals surface area contributed by atoms with Crippen LogP contribution in [0.15, 0.2) is 24.5 Å². The minimum atomic E-state index is 0.102. The first kappa shape index (κ1) is 24.7. The van der Waals surface area contributed by atoms with Crippen LogP contribution in [0.5, 0.6) is 5.75 Å². The fourth-order valence-electron chi connectivity index (χ4n) is 5.29. The lowest BCUT2D eigenvalue weighted by atomic mass is 9.92. The Kier molecular flexibility index (Phi) is 8.27. The third-order valence-electron chi connectivity index (χ3n) is 7.16. The number of anilines is 1. The van der Waals surface area contributed by atoms with E-state index in [2.05, 4.69) is 14.9 Å². The minimum absolute atomic E-state index is 0.102. The number of rotatable bonds is 8. The van der Waals surface area contributed by atoms with Gasteiger partial charge in [0.15, 0.2) is 0 Å². The zero-order valence-corrected chi connectivity index (χ0v) is 21.1. The summed E-state index contributed by atoms with van der Waals surface area (Å²) in [6, 6.07) is 4.16. The molecule has 3 heterocycles. The van der Waals surface area contributed by atoms with Crippen molar-refractivity contribution in [2.45, 2.75) is 58.4 Å². The molecule has 34 heavy (non-hydrogen) atoms. The highest BCUT2D eigenvalue weighted by Crippen LogP contribution is 2.28. The van der Waals surface area contributed by atoms with Crippen molar-refractivity contribution in [2.24, 2.45) is 11.7 Å². The molecule has 0 bridgehead atoms. The number of piperidine rings is 1. The molecule has 2 N–H and O–H groups in total. The number of aryl methyl sites for hydroxylation is 2. The van der Waals surface area contributed by atoms with Crippen LogP contribution in [0.25, 0.3) is 0 Å². The maximum absolute atomic E-state index is 13.1. The monoisotopic (exact) mass is 485 g/mol. The standard InChI is InChI=1S/C26H36ClN5O2/c1-18-13-23(14-19(2)24(18)25(33)32-9-3-6-22(32)15-28)34-12-4-5-20-7-10-31(11-8-20)26-29-16-21(27)17-30-26/h13-14,16-17,20,22H,3-12,15,28H2,1-2H3/t22-/m0/s1. The molecule has 0 radical (unpaired) electrons. The number of nitrogens with zero attached hydrogens (tertiary/aromatic N) is 4. The van der Waals surface area contributed by atoms with Crippen LogP contribution in [0.4, 0.5) is 5.95 Å². The van der Waals surface area contributed by atoms with Crippen LogP contribution in [-0.4, -0.2) is 59.6 Å². The zero-order chi connectivity index (χ0) is 24.1. The van der Waals surface area contributed by atoms with Crippen LogP contribution < -0.4 is 15.4 Å². The zero-order valence-electron chi connectivity index (χ0n) is 20.3. The molecular weight excluding hydrogens is 450 g/mol. The number of likely N-dealkylation sites (tertiary alicyclic amines) is 1. The van der Waals surface area contributed by atoms with Gasteiger partial charge in [-0.05, 0) is 81.5 Å². The van der Waals surface area contributed by atoms with Gasteiger partial charge in [0, 0.05) is 37.8 Å². The smallest absolute Gasteiger partial charge is 0.254 e. The van der Waals surface area contributed by atoms with Crippen molar-refractivity contribution in [1.82, 2.24) is 14.9 Å². The Balaban J connectivity index is 1.23. The Hall–Kier alpha value is -2.38. The number of carbonyl (C=O) groups excluding carboxylic acids is 1. The Labute approximate surface area is 207 Å². The summed E-state index contributed by atoms with van der Waals surface area (Å²) in [7, 11) is 0. The predicted molar refractivity (Wildman–Crippen MR) is 136 cm³/mol. The van der Waals surface area contributed by atoms with E-state index in [4.69, 9.17) is 22.1 Å². The van der Waals surface area contributed by atoms with Gasteiger partial charge in [0.2, 0.25) is 5.95 Å². The van der Waals surface area contributed by atoms with Crippen LogP contribution in [-0.2, 0) is 0 Å². The van der Waals surface area contributed by atoms with Gasteiger partial charge in [0.05, 0.1) is 24.0 Å². The van der Waals surface area contributed by atoms with E-state index >= 15 is 0 Å². The fourth-order valence-corrected chi connectivity index (χ4v) is 5.39. The van der Waals surface area contributed by atoms with E-state index in [-0.39, 0.29) is 11.9 Å². The van der Waals surface area contributed by atoms with Gasteiger partial charge in [-0.3, -0.25) is 4.79 Å². The molecule has 2 aliphatic heterocycles. The molecule has 2 aromatic rings. The van der Waals surface area contributed by atoms with Crippen LogP contribution in [0.1, 0.15) is 60.0 Å². The minimum Gasteiger partial charge on any atom is -0.494 e. The number of aromatic nitrogens is 2. The van der Waals surface area contributed by atoms with Crippen molar-refractivity contribution in [3.05, 3.63) is 46.2 Å². The van der Waals surface area contributed by atoms with Crippen LogP contribution in [0.3, 0.4) is 0 Å². The Morgan fingerprint density at radius 2 is 1.79 bits per heavy atom. The van der Waals surface area contributed by atoms with Gasteiger partial charge < -0.3 is 20.3 Å². The van der Waals surface area contributed by atoms with Crippen molar-refractivity contribution in [1.29, 1.82) is 0 Å². The molecule has 0 saturated carbocycles. The first-order chi connectivity index (χ1) is 16.5. The second-order valence-corrected chi connectivity index (χ2v) is 10.0. The number of benzene rings is 1. The lowest BCUT2D eigenvalue weighted by Crippen LogP contribution is -2.40. The lowest BCUT2D eigenvalue weighted by molar-refractivity contribution is 0.0739. The Morgan fingerprint density at radius 3 is 2.44 bits per heavy atom. The average Bonchev–Trinajstić information content (AvgIpc) is 3.31. The van der Waals surface area contributed by atoms with Gasteiger partial charge in [-0.25, -0.2) is 9.97 Å². The second kappa shape index (κ2) is 11.4. The van der Waals surface area contributed by atoms with Gasteiger partial charge in [0.1, 0.15) is 5.75 Å². The second-order valence-electron chi connectivity index (χ2n) is 9.58. The van der Waals surface area contributed by atoms with E-state index in [1.165, 1.54) is 0 Å². The highest BCUT2D eigenvalue weighted by molar-refractivity contribution is 6.30. The molecule has 0 unspecified atom stereocenters. The summed E-state index contributed by atoms with van der Waals surface area (Å²) >= 11 is 5.89. The summed E-state index contributed by atoms with van der Waals surface area (Å²) in [4.78, 5) is 26.0. The molecule has 1 amide bonds. The van der Waals surface area contributed by atoms with Gasteiger partial charge >= 0.3 is 0 Å². The molecule has 2 aliphatic rings.